The van der Waals surface area contributed by atoms with Crippen molar-refractivity contribution in [3.63, 3.8) is 0 Å². The summed E-state index contributed by atoms with van der Waals surface area (Å²) in [5.74, 6) is -2.57. The van der Waals surface area contributed by atoms with E-state index in [9.17, 15) is 8.78 Å². The van der Waals surface area contributed by atoms with Gasteiger partial charge in [0.1, 0.15) is 5.82 Å². The maximum Gasteiger partial charge on any atom is 0.258 e. The summed E-state index contributed by atoms with van der Waals surface area (Å²) >= 11 is 0. The Morgan fingerprint density at radius 3 is 2.65 bits per heavy atom. The Morgan fingerprint density at radius 1 is 1.30 bits per heavy atom. The standard InChI is InChI=1S/C18H17F2N3/c1-4-11-7-14-16(22-10-11)23-15-6-5-12(9-21)8-13(15)17(14,2)18(3,19)20/h5-8,10H,4H2,1-3H3,(H,22,23). The van der Waals surface area contributed by atoms with Crippen LogP contribution in [0.4, 0.5) is 20.3 Å². The first-order valence-corrected chi connectivity index (χ1v) is 7.50. The molecule has 0 amide bonds. The summed E-state index contributed by atoms with van der Waals surface area (Å²) < 4.78 is 29.4. The van der Waals surface area contributed by atoms with Gasteiger partial charge in [-0.3, -0.25) is 0 Å². The number of alkyl halides is 2. The van der Waals surface area contributed by atoms with Crippen LogP contribution in [0.2, 0.25) is 0 Å². The number of nitrogens with zero attached hydrogens (tertiary/aromatic N) is 2. The molecular formula is C18H17F2N3. The van der Waals surface area contributed by atoms with Crippen molar-refractivity contribution in [2.45, 2.75) is 38.5 Å². The molecule has 1 aliphatic rings. The van der Waals surface area contributed by atoms with Crippen molar-refractivity contribution < 1.29 is 8.78 Å². The Bertz CT molecular complexity index is 818. The Kier molecular flexibility index (Phi) is 3.36. The lowest BCUT2D eigenvalue weighted by Gasteiger charge is -2.41. The van der Waals surface area contributed by atoms with Crippen molar-refractivity contribution in [3.05, 3.63) is 52.7 Å². The van der Waals surface area contributed by atoms with Gasteiger partial charge in [-0.15, -0.1) is 0 Å². The fourth-order valence-electron chi connectivity index (χ4n) is 3.06. The van der Waals surface area contributed by atoms with Gasteiger partial charge >= 0.3 is 0 Å². The topological polar surface area (TPSA) is 48.7 Å². The Morgan fingerprint density at radius 2 is 2.04 bits per heavy atom. The van der Waals surface area contributed by atoms with E-state index >= 15 is 0 Å². The molecule has 118 valence electrons. The molecule has 5 heteroatoms. The van der Waals surface area contributed by atoms with Gasteiger partial charge in [-0.25, -0.2) is 13.8 Å². The molecule has 0 saturated heterocycles. The predicted octanol–water partition coefficient (Wildman–Crippen LogP) is 4.53. The number of pyridine rings is 1. The van der Waals surface area contributed by atoms with Crippen LogP contribution in [0.5, 0.6) is 0 Å². The van der Waals surface area contributed by atoms with E-state index in [0.717, 1.165) is 18.9 Å². The number of rotatable bonds is 2. The van der Waals surface area contributed by atoms with Crippen LogP contribution in [0.25, 0.3) is 0 Å². The number of fused-ring (bicyclic) bond motifs is 2. The largest absolute Gasteiger partial charge is 0.340 e. The number of hydrogen-bond donors (Lipinski definition) is 1. The SMILES string of the molecule is CCc1cnc2c(c1)C(C)(C(C)(F)F)c1cc(C#N)ccc1N2. The average Bonchev–Trinajstić information content (AvgIpc) is 2.53. The summed E-state index contributed by atoms with van der Waals surface area (Å²) in [5.41, 5.74) is 1.18. The molecule has 0 bridgehead atoms. The minimum atomic E-state index is -3.01. The summed E-state index contributed by atoms with van der Waals surface area (Å²) in [6.07, 6.45) is 2.42. The van der Waals surface area contributed by atoms with Gasteiger partial charge in [-0.05, 0) is 48.7 Å². The lowest BCUT2D eigenvalue weighted by molar-refractivity contribution is -0.0373. The number of hydrogen-bond acceptors (Lipinski definition) is 3. The second-order valence-corrected chi connectivity index (χ2v) is 6.10. The normalized spacial score (nSPS) is 19.3. The third-order valence-corrected chi connectivity index (χ3v) is 4.71. The molecule has 3 nitrogen and oxygen atoms in total. The van der Waals surface area contributed by atoms with Crippen LogP contribution in [-0.2, 0) is 11.8 Å². The zero-order valence-electron chi connectivity index (χ0n) is 13.2. The molecule has 2 aromatic rings. The van der Waals surface area contributed by atoms with Crippen LogP contribution in [0, 0.1) is 11.3 Å². The fourth-order valence-corrected chi connectivity index (χ4v) is 3.06. The van der Waals surface area contributed by atoms with E-state index in [-0.39, 0.29) is 0 Å². The number of halogens is 2. The van der Waals surface area contributed by atoms with Crippen LogP contribution in [0.3, 0.4) is 0 Å². The molecule has 0 spiro atoms. The molecule has 0 aliphatic carbocycles. The molecule has 1 N–H and O–H groups in total. The highest BCUT2D eigenvalue weighted by atomic mass is 19.3. The smallest absolute Gasteiger partial charge is 0.258 e. The van der Waals surface area contributed by atoms with E-state index in [1.54, 1.807) is 30.5 Å². The summed E-state index contributed by atoms with van der Waals surface area (Å²) in [7, 11) is 0. The highest BCUT2D eigenvalue weighted by Gasteiger charge is 2.53. The van der Waals surface area contributed by atoms with Gasteiger partial charge in [0.2, 0.25) is 0 Å². The molecule has 1 unspecified atom stereocenters. The molecule has 1 aliphatic heterocycles. The summed E-state index contributed by atoms with van der Waals surface area (Å²) in [6, 6.07) is 8.63. The number of anilines is 2. The van der Waals surface area contributed by atoms with Gasteiger partial charge in [-0.2, -0.15) is 5.26 Å². The van der Waals surface area contributed by atoms with Gasteiger partial charge in [0, 0.05) is 24.4 Å². The minimum Gasteiger partial charge on any atom is -0.340 e. The predicted molar refractivity (Wildman–Crippen MR) is 85.1 cm³/mol. The van der Waals surface area contributed by atoms with Gasteiger partial charge < -0.3 is 5.32 Å². The van der Waals surface area contributed by atoms with Crippen molar-refractivity contribution in [2.24, 2.45) is 0 Å². The van der Waals surface area contributed by atoms with Crippen molar-refractivity contribution in [1.82, 2.24) is 4.98 Å². The lowest BCUT2D eigenvalue weighted by Crippen LogP contribution is -2.44. The van der Waals surface area contributed by atoms with E-state index in [1.165, 1.54) is 6.92 Å². The number of nitriles is 1. The van der Waals surface area contributed by atoms with Crippen molar-refractivity contribution in [1.29, 1.82) is 5.26 Å². The quantitative estimate of drug-likeness (QED) is 0.886. The second-order valence-electron chi connectivity index (χ2n) is 6.10. The number of benzene rings is 1. The van der Waals surface area contributed by atoms with Crippen LogP contribution in [0.15, 0.2) is 30.5 Å². The zero-order chi connectivity index (χ0) is 16.8. The van der Waals surface area contributed by atoms with E-state index in [2.05, 4.69) is 10.3 Å². The Hall–Kier alpha value is -2.48. The van der Waals surface area contributed by atoms with Gasteiger partial charge in [0.05, 0.1) is 17.0 Å². The van der Waals surface area contributed by atoms with Gasteiger partial charge in [0.15, 0.2) is 0 Å². The monoisotopic (exact) mass is 313 g/mol. The molecule has 0 radical (unpaired) electrons. The molecule has 0 saturated carbocycles. The van der Waals surface area contributed by atoms with Crippen LogP contribution < -0.4 is 5.32 Å². The first kappa shape index (κ1) is 15.4. The molecule has 1 atom stereocenters. The summed E-state index contributed by atoms with van der Waals surface area (Å²) in [4.78, 5) is 4.33. The first-order chi connectivity index (χ1) is 10.8. The molecule has 2 heterocycles. The van der Waals surface area contributed by atoms with E-state index < -0.39 is 11.3 Å². The highest BCUT2D eigenvalue weighted by molar-refractivity contribution is 5.75. The van der Waals surface area contributed by atoms with E-state index in [4.69, 9.17) is 5.26 Å². The van der Waals surface area contributed by atoms with Crippen molar-refractivity contribution in [2.75, 3.05) is 5.32 Å². The lowest BCUT2D eigenvalue weighted by atomic mass is 9.69. The molecule has 23 heavy (non-hydrogen) atoms. The summed E-state index contributed by atoms with van der Waals surface area (Å²) in [5, 5.41) is 12.2. The fraction of sp³-hybridized carbons (Fsp3) is 0.333. The van der Waals surface area contributed by atoms with Gasteiger partial charge in [-0.1, -0.05) is 6.92 Å². The van der Waals surface area contributed by atoms with Crippen molar-refractivity contribution >= 4 is 11.5 Å². The zero-order valence-corrected chi connectivity index (χ0v) is 13.2. The van der Waals surface area contributed by atoms with Crippen LogP contribution in [-0.4, -0.2) is 10.9 Å². The summed E-state index contributed by atoms with van der Waals surface area (Å²) in [6.45, 7) is 4.40. The third-order valence-electron chi connectivity index (χ3n) is 4.71. The van der Waals surface area contributed by atoms with Crippen LogP contribution in [0.1, 0.15) is 43.0 Å². The van der Waals surface area contributed by atoms with E-state index in [1.807, 2.05) is 13.0 Å². The Labute approximate surface area is 134 Å². The minimum absolute atomic E-state index is 0.365. The van der Waals surface area contributed by atoms with Gasteiger partial charge in [0.25, 0.3) is 5.92 Å². The van der Waals surface area contributed by atoms with Crippen LogP contribution >= 0.6 is 0 Å². The number of nitrogens with one attached hydrogen (secondary N) is 1. The Balaban J connectivity index is 2.34. The first-order valence-electron chi connectivity index (χ1n) is 7.50. The second kappa shape index (κ2) is 5.02. The maximum absolute atomic E-state index is 14.7. The molecular weight excluding hydrogens is 296 g/mol. The number of aryl methyl sites for hydroxylation is 1. The molecule has 0 fully saturated rings. The van der Waals surface area contributed by atoms with Crippen molar-refractivity contribution in [3.8, 4) is 6.07 Å². The highest BCUT2D eigenvalue weighted by Crippen LogP contribution is 2.52. The average molecular weight is 313 g/mol. The third kappa shape index (κ3) is 2.17. The maximum atomic E-state index is 14.7. The molecule has 3 rings (SSSR count). The molecule has 1 aromatic carbocycles. The van der Waals surface area contributed by atoms with E-state index in [0.29, 0.717) is 28.2 Å². The number of aromatic nitrogens is 1. The molecule has 1 aromatic heterocycles.